The smallest absolute Gasteiger partial charge is 0.327 e. The molecule has 1 N–H and O–H groups in total. The Morgan fingerprint density at radius 1 is 1.56 bits per heavy atom. The second kappa shape index (κ2) is 7.79. The SMILES string of the molecule is CCOC(=O)C(NCCN(C)C)c1cccnc1. The second-order valence-corrected chi connectivity index (χ2v) is 4.23. The van der Waals surface area contributed by atoms with E-state index in [1.807, 2.05) is 26.2 Å². The summed E-state index contributed by atoms with van der Waals surface area (Å²) in [7, 11) is 3.98. The molecule has 5 heteroatoms. The second-order valence-electron chi connectivity index (χ2n) is 4.23. The van der Waals surface area contributed by atoms with Gasteiger partial charge in [-0.1, -0.05) is 6.07 Å². The van der Waals surface area contributed by atoms with E-state index in [1.165, 1.54) is 0 Å². The average Bonchev–Trinajstić information content (AvgIpc) is 2.35. The van der Waals surface area contributed by atoms with Crippen molar-refractivity contribution in [2.75, 3.05) is 33.8 Å². The molecule has 5 nitrogen and oxygen atoms in total. The van der Waals surface area contributed by atoms with Crippen LogP contribution >= 0.6 is 0 Å². The summed E-state index contributed by atoms with van der Waals surface area (Å²) in [5.74, 6) is -0.260. The molecule has 1 atom stereocenters. The van der Waals surface area contributed by atoms with E-state index in [0.717, 1.165) is 12.1 Å². The van der Waals surface area contributed by atoms with Crippen LogP contribution in [0.4, 0.5) is 0 Å². The topological polar surface area (TPSA) is 54.5 Å². The van der Waals surface area contributed by atoms with Gasteiger partial charge < -0.3 is 9.64 Å². The molecule has 100 valence electrons. The lowest BCUT2D eigenvalue weighted by Gasteiger charge is -2.18. The summed E-state index contributed by atoms with van der Waals surface area (Å²) in [6.07, 6.45) is 3.37. The van der Waals surface area contributed by atoms with Crippen LogP contribution in [0.2, 0.25) is 0 Å². The lowest BCUT2D eigenvalue weighted by Crippen LogP contribution is -2.35. The molecule has 0 bridgehead atoms. The fourth-order valence-electron chi connectivity index (χ4n) is 1.54. The summed E-state index contributed by atoms with van der Waals surface area (Å²) in [6, 6.07) is 3.24. The van der Waals surface area contributed by atoms with E-state index in [-0.39, 0.29) is 5.97 Å². The van der Waals surface area contributed by atoms with Gasteiger partial charge in [0.15, 0.2) is 0 Å². The Bertz CT molecular complexity index is 355. The van der Waals surface area contributed by atoms with Crippen molar-refractivity contribution in [3.63, 3.8) is 0 Å². The summed E-state index contributed by atoms with van der Waals surface area (Å²) < 4.78 is 5.07. The maximum Gasteiger partial charge on any atom is 0.327 e. The Morgan fingerprint density at radius 3 is 2.89 bits per heavy atom. The molecule has 0 fully saturated rings. The Hall–Kier alpha value is -1.46. The van der Waals surface area contributed by atoms with Gasteiger partial charge in [0.2, 0.25) is 0 Å². The highest BCUT2D eigenvalue weighted by molar-refractivity contribution is 5.77. The maximum absolute atomic E-state index is 11.9. The molecule has 0 aliphatic carbocycles. The van der Waals surface area contributed by atoms with Gasteiger partial charge in [0, 0.05) is 25.5 Å². The first-order chi connectivity index (χ1) is 8.65. The Kier molecular flexibility index (Phi) is 6.32. The van der Waals surface area contributed by atoms with Gasteiger partial charge in [0.05, 0.1) is 6.61 Å². The highest BCUT2D eigenvalue weighted by Gasteiger charge is 2.21. The van der Waals surface area contributed by atoms with Gasteiger partial charge >= 0.3 is 5.97 Å². The molecule has 0 radical (unpaired) electrons. The van der Waals surface area contributed by atoms with Gasteiger partial charge in [0.25, 0.3) is 0 Å². The van der Waals surface area contributed by atoms with Crippen molar-refractivity contribution in [1.82, 2.24) is 15.2 Å². The Labute approximate surface area is 108 Å². The van der Waals surface area contributed by atoms with Crippen LogP contribution < -0.4 is 5.32 Å². The number of ether oxygens (including phenoxy) is 1. The van der Waals surface area contributed by atoms with E-state index in [2.05, 4.69) is 15.2 Å². The van der Waals surface area contributed by atoms with Gasteiger partial charge in [-0.2, -0.15) is 0 Å². The average molecular weight is 251 g/mol. The highest BCUT2D eigenvalue weighted by Crippen LogP contribution is 2.12. The van der Waals surface area contributed by atoms with Crippen molar-refractivity contribution in [2.45, 2.75) is 13.0 Å². The first-order valence-electron chi connectivity index (χ1n) is 6.09. The van der Waals surface area contributed by atoms with Crippen LogP contribution in [-0.2, 0) is 9.53 Å². The predicted molar refractivity (Wildman–Crippen MR) is 70.2 cm³/mol. The number of esters is 1. The van der Waals surface area contributed by atoms with Crippen LogP contribution in [0, 0.1) is 0 Å². The number of likely N-dealkylation sites (N-methyl/N-ethyl adjacent to an activating group) is 1. The predicted octanol–water partition coefficient (Wildman–Crippen LogP) is 0.837. The monoisotopic (exact) mass is 251 g/mol. The number of hydrogen-bond acceptors (Lipinski definition) is 5. The van der Waals surface area contributed by atoms with E-state index in [0.29, 0.717) is 13.2 Å². The molecule has 0 aliphatic rings. The fraction of sp³-hybridized carbons (Fsp3) is 0.538. The van der Waals surface area contributed by atoms with Crippen LogP contribution in [0.1, 0.15) is 18.5 Å². The van der Waals surface area contributed by atoms with Gasteiger partial charge in [-0.3, -0.25) is 10.3 Å². The standard InChI is InChI=1S/C13H21N3O2/c1-4-18-13(17)12(15-8-9-16(2)3)11-6-5-7-14-10-11/h5-7,10,12,15H,4,8-9H2,1-3H3. The summed E-state index contributed by atoms with van der Waals surface area (Å²) in [5, 5.41) is 3.20. The molecule has 0 aliphatic heterocycles. The van der Waals surface area contributed by atoms with E-state index < -0.39 is 6.04 Å². The third-order valence-corrected chi connectivity index (χ3v) is 2.45. The minimum atomic E-state index is -0.446. The molecule has 1 unspecified atom stereocenters. The minimum Gasteiger partial charge on any atom is -0.465 e. The summed E-state index contributed by atoms with van der Waals surface area (Å²) in [5.41, 5.74) is 0.828. The van der Waals surface area contributed by atoms with Crippen molar-refractivity contribution in [2.24, 2.45) is 0 Å². The highest BCUT2D eigenvalue weighted by atomic mass is 16.5. The summed E-state index contributed by atoms with van der Waals surface area (Å²) >= 11 is 0. The van der Waals surface area contributed by atoms with E-state index in [1.54, 1.807) is 19.3 Å². The molecule has 1 heterocycles. The van der Waals surface area contributed by atoms with Crippen molar-refractivity contribution in [1.29, 1.82) is 0 Å². The molecule has 0 saturated heterocycles. The number of pyridine rings is 1. The molecule has 1 aromatic heterocycles. The first kappa shape index (κ1) is 14.6. The van der Waals surface area contributed by atoms with Crippen LogP contribution in [0.25, 0.3) is 0 Å². The molecular formula is C13H21N3O2. The number of rotatable bonds is 7. The number of aromatic nitrogens is 1. The number of nitrogens with zero attached hydrogens (tertiary/aromatic N) is 2. The lowest BCUT2D eigenvalue weighted by atomic mass is 10.1. The molecule has 0 aromatic carbocycles. The van der Waals surface area contributed by atoms with Crippen molar-refractivity contribution >= 4 is 5.97 Å². The molecular weight excluding hydrogens is 230 g/mol. The quantitative estimate of drug-likeness (QED) is 0.728. The van der Waals surface area contributed by atoms with Crippen molar-refractivity contribution < 1.29 is 9.53 Å². The van der Waals surface area contributed by atoms with E-state index in [9.17, 15) is 4.79 Å². The van der Waals surface area contributed by atoms with Gasteiger partial charge in [0.1, 0.15) is 6.04 Å². The molecule has 1 rings (SSSR count). The van der Waals surface area contributed by atoms with Gasteiger partial charge in [-0.25, -0.2) is 4.79 Å². The summed E-state index contributed by atoms with van der Waals surface area (Å²) in [4.78, 5) is 18.0. The normalized spacial score (nSPS) is 12.4. The number of hydrogen-bond donors (Lipinski definition) is 1. The maximum atomic E-state index is 11.9. The first-order valence-corrected chi connectivity index (χ1v) is 6.09. The van der Waals surface area contributed by atoms with E-state index >= 15 is 0 Å². The largest absolute Gasteiger partial charge is 0.465 e. The Morgan fingerprint density at radius 2 is 2.33 bits per heavy atom. The third-order valence-electron chi connectivity index (χ3n) is 2.45. The third kappa shape index (κ3) is 4.81. The van der Waals surface area contributed by atoms with Crippen molar-refractivity contribution in [3.05, 3.63) is 30.1 Å². The fourth-order valence-corrected chi connectivity index (χ4v) is 1.54. The molecule has 0 spiro atoms. The molecule has 18 heavy (non-hydrogen) atoms. The number of carbonyl (C=O) groups excluding carboxylic acids is 1. The zero-order valence-electron chi connectivity index (χ0n) is 11.2. The van der Waals surface area contributed by atoms with Gasteiger partial charge in [-0.15, -0.1) is 0 Å². The van der Waals surface area contributed by atoms with Gasteiger partial charge in [-0.05, 0) is 32.6 Å². The van der Waals surface area contributed by atoms with Crippen LogP contribution in [0.15, 0.2) is 24.5 Å². The van der Waals surface area contributed by atoms with Crippen LogP contribution in [0.5, 0.6) is 0 Å². The zero-order chi connectivity index (χ0) is 13.4. The minimum absolute atomic E-state index is 0.260. The molecule has 1 aromatic rings. The van der Waals surface area contributed by atoms with Crippen molar-refractivity contribution in [3.8, 4) is 0 Å². The molecule has 0 saturated carbocycles. The van der Waals surface area contributed by atoms with Crippen LogP contribution in [-0.4, -0.2) is 49.6 Å². The van der Waals surface area contributed by atoms with E-state index in [4.69, 9.17) is 4.74 Å². The van der Waals surface area contributed by atoms with Crippen LogP contribution in [0.3, 0.4) is 0 Å². The summed E-state index contributed by atoms with van der Waals surface area (Å²) in [6.45, 7) is 3.75. The molecule has 0 amide bonds. The Balaban J connectivity index is 2.66. The number of nitrogens with one attached hydrogen (secondary N) is 1. The zero-order valence-corrected chi connectivity index (χ0v) is 11.2. The lowest BCUT2D eigenvalue weighted by molar-refractivity contribution is -0.145. The number of carbonyl (C=O) groups is 1.